The van der Waals surface area contributed by atoms with Crippen LogP contribution < -0.4 is 20.9 Å². The number of hydrogen-bond acceptors (Lipinski definition) is 7. The summed E-state index contributed by atoms with van der Waals surface area (Å²) in [5, 5.41) is 10.3. The van der Waals surface area contributed by atoms with Gasteiger partial charge in [-0.1, -0.05) is 0 Å². The Balaban J connectivity index is 1.57. The average molecular weight is 491 g/mol. The summed E-state index contributed by atoms with van der Waals surface area (Å²) in [6.07, 6.45) is -5.67. The highest BCUT2D eigenvalue weighted by Gasteiger charge is 2.52. The number of aromatic nitrogens is 3. The van der Waals surface area contributed by atoms with Crippen LogP contribution in [0.1, 0.15) is 18.5 Å². The van der Waals surface area contributed by atoms with E-state index in [1.54, 1.807) is 0 Å². The van der Waals surface area contributed by atoms with Crippen molar-refractivity contribution in [3.63, 3.8) is 0 Å². The van der Waals surface area contributed by atoms with Crippen LogP contribution in [0.5, 0.6) is 0 Å². The number of alkyl carbamates (subject to hydrolysis) is 1. The van der Waals surface area contributed by atoms with Gasteiger partial charge in [-0.15, -0.1) is 0 Å². The van der Waals surface area contributed by atoms with Crippen molar-refractivity contribution in [3.05, 3.63) is 24.2 Å². The standard InChI is InChI=1S/C18H18F5N7O4/c1-8(18(21,22)23)26-16(33)34-12-6-29(7-17(12,19)20)11-4-10(28-30-3-2-24-13(11)30)9-5-25-15(32)27-14(9)31/h2-4,8-9,12H,5-7H2,1H3,(H,26,33)(H2,25,27,31,32)/t8-,9?,12-/m0/s1. The molecule has 11 nitrogen and oxygen atoms in total. The van der Waals surface area contributed by atoms with Crippen LogP contribution in [0, 0.1) is 0 Å². The zero-order valence-corrected chi connectivity index (χ0v) is 17.4. The summed E-state index contributed by atoms with van der Waals surface area (Å²) in [6, 6.07) is -1.61. The van der Waals surface area contributed by atoms with Gasteiger partial charge in [0.1, 0.15) is 6.04 Å². The van der Waals surface area contributed by atoms with Gasteiger partial charge in [0.15, 0.2) is 11.8 Å². The van der Waals surface area contributed by atoms with Crippen molar-refractivity contribution >= 4 is 29.4 Å². The molecule has 3 N–H and O–H groups in total. The van der Waals surface area contributed by atoms with Crippen molar-refractivity contribution in [2.45, 2.75) is 37.1 Å². The SMILES string of the molecule is C[C@H](NC(=O)O[C@H]1CN(c2cc(C3CNC(=O)NC3=O)nn3ccnc23)CC1(F)F)C(F)(F)F. The normalized spacial score (nSPS) is 23.4. The Labute approximate surface area is 187 Å². The molecule has 2 aliphatic heterocycles. The van der Waals surface area contributed by atoms with Crippen LogP contribution in [0.15, 0.2) is 18.5 Å². The topological polar surface area (TPSA) is 130 Å². The summed E-state index contributed by atoms with van der Waals surface area (Å²) < 4.78 is 73.0. The zero-order chi connectivity index (χ0) is 24.8. The summed E-state index contributed by atoms with van der Waals surface area (Å²) in [7, 11) is 0. The molecule has 184 valence electrons. The van der Waals surface area contributed by atoms with Gasteiger partial charge in [0.05, 0.1) is 30.4 Å². The largest absolute Gasteiger partial charge is 0.438 e. The Morgan fingerprint density at radius 3 is 2.76 bits per heavy atom. The quantitative estimate of drug-likeness (QED) is 0.547. The smallest absolute Gasteiger partial charge is 0.408 e. The lowest BCUT2D eigenvalue weighted by atomic mass is 10.0. The second-order valence-corrected chi connectivity index (χ2v) is 7.84. The lowest BCUT2D eigenvalue weighted by Gasteiger charge is -2.24. The number of hydrogen-bond donors (Lipinski definition) is 3. The van der Waals surface area contributed by atoms with E-state index in [-0.39, 0.29) is 23.6 Å². The maximum absolute atomic E-state index is 14.6. The Morgan fingerprint density at radius 1 is 1.35 bits per heavy atom. The molecule has 0 bridgehead atoms. The number of imidazole rings is 1. The molecule has 2 saturated heterocycles. The van der Waals surface area contributed by atoms with E-state index < -0.39 is 61.3 Å². The monoisotopic (exact) mass is 491 g/mol. The van der Waals surface area contributed by atoms with Gasteiger partial charge in [-0.05, 0) is 13.0 Å². The summed E-state index contributed by atoms with van der Waals surface area (Å²) in [4.78, 5) is 40.6. The molecule has 0 aliphatic carbocycles. The van der Waals surface area contributed by atoms with E-state index in [1.807, 2.05) is 0 Å². The van der Waals surface area contributed by atoms with Crippen LogP contribution >= 0.6 is 0 Å². The van der Waals surface area contributed by atoms with Crippen LogP contribution in [0.2, 0.25) is 0 Å². The fraction of sp³-hybridized carbons (Fsp3) is 0.500. The highest BCUT2D eigenvalue weighted by molar-refractivity contribution is 6.00. The molecule has 0 saturated carbocycles. The van der Waals surface area contributed by atoms with Gasteiger partial charge >= 0.3 is 24.2 Å². The Bertz CT molecular complexity index is 1140. The zero-order valence-electron chi connectivity index (χ0n) is 17.4. The average Bonchev–Trinajstić information content (AvgIpc) is 3.30. The number of urea groups is 1. The number of anilines is 1. The molecule has 4 amide bonds. The van der Waals surface area contributed by atoms with Crippen LogP contribution in [0.3, 0.4) is 0 Å². The fourth-order valence-corrected chi connectivity index (χ4v) is 3.57. The van der Waals surface area contributed by atoms with E-state index in [4.69, 9.17) is 0 Å². The van der Waals surface area contributed by atoms with E-state index in [0.717, 1.165) is 4.90 Å². The molecule has 0 aromatic carbocycles. The molecule has 4 rings (SSSR count). The van der Waals surface area contributed by atoms with Crippen LogP contribution in [0.4, 0.5) is 37.2 Å². The number of fused-ring (bicyclic) bond motifs is 1. The fourth-order valence-electron chi connectivity index (χ4n) is 3.57. The third-order valence-corrected chi connectivity index (χ3v) is 5.41. The lowest BCUT2D eigenvalue weighted by Crippen LogP contribution is -2.51. The number of carbonyl (C=O) groups is 3. The first-order valence-corrected chi connectivity index (χ1v) is 9.95. The van der Waals surface area contributed by atoms with Gasteiger partial charge in [-0.3, -0.25) is 10.1 Å². The molecule has 1 unspecified atom stereocenters. The highest BCUT2D eigenvalue weighted by atomic mass is 19.4. The third kappa shape index (κ3) is 4.51. The van der Waals surface area contributed by atoms with Crippen molar-refractivity contribution in [2.24, 2.45) is 0 Å². The number of rotatable bonds is 4. The minimum atomic E-state index is -4.77. The molecule has 2 aliphatic rings. The van der Waals surface area contributed by atoms with E-state index in [9.17, 15) is 36.3 Å². The molecular weight excluding hydrogens is 473 g/mol. The van der Waals surface area contributed by atoms with Gasteiger partial charge < -0.3 is 20.3 Å². The number of nitrogens with zero attached hydrogens (tertiary/aromatic N) is 4. The minimum absolute atomic E-state index is 0.0727. The van der Waals surface area contributed by atoms with Crippen LogP contribution in [-0.4, -0.2) is 76.5 Å². The van der Waals surface area contributed by atoms with Crippen molar-refractivity contribution < 1.29 is 41.1 Å². The number of imide groups is 1. The van der Waals surface area contributed by atoms with Gasteiger partial charge in [-0.2, -0.15) is 18.3 Å². The summed E-state index contributed by atoms with van der Waals surface area (Å²) in [5.41, 5.74) is 0.451. The van der Waals surface area contributed by atoms with Crippen LogP contribution in [-0.2, 0) is 9.53 Å². The van der Waals surface area contributed by atoms with E-state index in [1.165, 1.54) is 28.3 Å². The highest BCUT2D eigenvalue weighted by Crippen LogP contribution is 2.36. The number of amides is 4. The molecule has 16 heteroatoms. The number of halogens is 5. The predicted molar refractivity (Wildman–Crippen MR) is 103 cm³/mol. The summed E-state index contributed by atoms with van der Waals surface area (Å²) in [5.74, 6) is -5.14. The van der Waals surface area contributed by atoms with Gasteiger partial charge in [0.25, 0.3) is 0 Å². The Morgan fingerprint density at radius 2 is 2.09 bits per heavy atom. The molecule has 2 aromatic rings. The number of carbonyl (C=O) groups excluding carboxylic acids is 3. The lowest BCUT2D eigenvalue weighted by molar-refractivity contribution is -0.151. The molecule has 2 aromatic heterocycles. The first-order valence-electron chi connectivity index (χ1n) is 9.95. The molecule has 2 fully saturated rings. The minimum Gasteiger partial charge on any atom is -0.438 e. The van der Waals surface area contributed by atoms with E-state index in [2.05, 4.69) is 25.5 Å². The van der Waals surface area contributed by atoms with Crippen molar-refractivity contribution in [1.29, 1.82) is 0 Å². The molecule has 34 heavy (non-hydrogen) atoms. The molecule has 4 heterocycles. The number of ether oxygens (including phenoxy) is 1. The van der Waals surface area contributed by atoms with E-state index >= 15 is 0 Å². The van der Waals surface area contributed by atoms with Crippen molar-refractivity contribution in [2.75, 3.05) is 24.5 Å². The first kappa shape index (κ1) is 23.4. The second kappa shape index (κ2) is 8.25. The summed E-state index contributed by atoms with van der Waals surface area (Å²) >= 11 is 0. The predicted octanol–water partition coefficient (Wildman–Crippen LogP) is 1.15. The Hall–Kier alpha value is -3.72. The molecule has 0 spiro atoms. The van der Waals surface area contributed by atoms with Crippen molar-refractivity contribution in [1.82, 2.24) is 30.5 Å². The van der Waals surface area contributed by atoms with Gasteiger partial charge in [0, 0.05) is 18.9 Å². The maximum Gasteiger partial charge on any atom is 0.408 e. The maximum atomic E-state index is 14.6. The number of nitrogens with one attached hydrogen (secondary N) is 3. The third-order valence-electron chi connectivity index (χ3n) is 5.41. The summed E-state index contributed by atoms with van der Waals surface area (Å²) in [6.45, 7) is -0.909. The molecule has 3 atom stereocenters. The van der Waals surface area contributed by atoms with Gasteiger partial charge in [0.2, 0.25) is 5.91 Å². The van der Waals surface area contributed by atoms with Crippen molar-refractivity contribution in [3.8, 4) is 0 Å². The second-order valence-electron chi connectivity index (χ2n) is 7.84. The van der Waals surface area contributed by atoms with Crippen LogP contribution in [0.25, 0.3) is 5.65 Å². The van der Waals surface area contributed by atoms with E-state index in [0.29, 0.717) is 6.92 Å². The molecule has 0 radical (unpaired) electrons. The number of alkyl halides is 5. The first-order chi connectivity index (χ1) is 15.8. The van der Waals surface area contributed by atoms with Gasteiger partial charge in [-0.25, -0.2) is 27.9 Å². The Kier molecular flexibility index (Phi) is 5.69. The molecular formula is C18H18F5N7O4.